The predicted molar refractivity (Wildman–Crippen MR) is 86.0 cm³/mol. The molecule has 0 aliphatic carbocycles. The van der Waals surface area contributed by atoms with Gasteiger partial charge in [-0.3, -0.25) is 10.1 Å². The molecule has 1 unspecified atom stereocenters. The molecule has 0 amide bonds. The average Bonchev–Trinajstić information content (AvgIpc) is 2.45. The van der Waals surface area contributed by atoms with Crippen molar-refractivity contribution in [1.82, 2.24) is 0 Å². The van der Waals surface area contributed by atoms with E-state index in [2.05, 4.69) is 0 Å². The topological polar surface area (TPSA) is 80.5 Å². The summed E-state index contributed by atoms with van der Waals surface area (Å²) >= 11 is 6.17. The lowest BCUT2D eigenvalue weighted by molar-refractivity contribution is -0.429. The van der Waals surface area contributed by atoms with Crippen LogP contribution in [0.2, 0.25) is 5.02 Å². The van der Waals surface area contributed by atoms with Crippen LogP contribution in [0.1, 0.15) is 13.3 Å². The van der Waals surface area contributed by atoms with E-state index in [1.807, 2.05) is 0 Å². The van der Waals surface area contributed by atoms with E-state index in [1.165, 1.54) is 17.1 Å². The minimum atomic E-state index is -3.57. The molecule has 118 valence electrons. The molecule has 22 heavy (non-hydrogen) atoms. The Kier molecular flexibility index (Phi) is 4.58. The zero-order chi connectivity index (χ0) is 16.5. The monoisotopic (exact) mass is 342 g/mol. The summed E-state index contributed by atoms with van der Waals surface area (Å²) in [4.78, 5) is 12.2. The summed E-state index contributed by atoms with van der Waals surface area (Å²) in [7, 11) is -3.57. The number of allylic oxidation sites excluding steroid dienone is 2. The van der Waals surface area contributed by atoms with Gasteiger partial charge < -0.3 is 4.90 Å². The van der Waals surface area contributed by atoms with E-state index >= 15 is 0 Å². The lowest BCUT2D eigenvalue weighted by atomic mass is 10.1. The number of hydrogen-bond acceptors (Lipinski definition) is 5. The van der Waals surface area contributed by atoms with Gasteiger partial charge in [0.2, 0.25) is 0 Å². The maximum atomic E-state index is 12.1. The van der Waals surface area contributed by atoms with E-state index in [4.69, 9.17) is 11.6 Å². The van der Waals surface area contributed by atoms with Gasteiger partial charge in [0, 0.05) is 12.3 Å². The number of anilines is 1. The number of nitrogens with zero attached hydrogens (tertiary/aromatic N) is 2. The van der Waals surface area contributed by atoms with Gasteiger partial charge in [0.15, 0.2) is 9.84 Å². The van der Waals surface area contributed by atoms with Crippen molar-refractivity contribution in [3.05, 3.63) is 62.3 Å². The first kappa shape index (κ1) is 16.5. The second-order valence-corrected chi connectivity index (χ2v) is 7.24. The van der Waals surface area contributed by atoms with Crippen LogP contribution in [-0.4, -0.2) is 25.6 Å². The number of halogens is 1. The highest BCUT2D eigenvalue weighted by molar-refractivity contribution is 7.94. The summed E-state index contributed by atoms with van der Waals surface area (Å²) in [6.45, 7) is 1.76. The van der Waals surface area contributed by atoms with Gasteiger partial charge in [0.25, 0.3) is 5.70 Å². The van der Waals surface area contributed by atoms with Gasteiger partial charge in [-0.2, -0.15) is 0 Å². The molecule has 2 rings (SSSR count). The van der Waals surface area contributed by atoms with Crippen molar-refractivity contribution >= 4 is 27.1 Å². The SMILES string of the molecule is CCC1C([N+](=O)[O-])=CC=C(S(C)(=O)=O)N1c1ccccc1Cl. The first-order chi connectivity index (χ1) is 10.3. The highest BCUT2D eigenvalue weighted by Crippen LogP contribution is 2.36. The molecule has 6 nitrogen and oxygen atoms in total. The molecular formula is C14H15ClN2O4S. The van der Waals surface area contributed by atoms with Gasteiger partial charge in [0.1, 0.15) is 11.1 Å². The minimum Gasteiger partial charge on any atom is -0.317 e. The van der Waals surface area contributed by atoms with Crippen molar-refractivity contribution in [2.45, 2.75) is 19.4 Å². The average molecular weight is 343 g/mol. The van der Waals surface area contributed by atoms with Crippen LogP contribution in [-0.2, 0) is 9.84 Å². The maximum absolute atomic E-state index is 12.1. The van der Waals surface area contributed by atoms with Crippen molar-refractivity contribution in [2.75, 3.05) is 11.2 Å². The van der Waals surface area contributed by atoms with Crippen molar-refractivity contribution < 1.29 is 13.3 Å². The van der Waals surface area contributed by atoms with Gasteiger partial charge >= 0.3 is 0 Å². The molecule has 1 aromatic carbocycles. The molecule has 0 N–H and O–H groups in total. The molecule has 0 spiro atoms. The molecule has 0 bridgehead atoms. The van der Waals surface area contributed by atoms with E-state index < -0.39 is 20.8 Å². The van der Waals surface area contributed by atoms with Crippen LogP contribution in [0.15, 0.2) is 47.1 Å². The lowest BCUT2D eigenvalue weighted by Gasteiger charge is -2.34. The predicted octanol–water partition coefficient (Wildman–Crippen LogP) is 2.99. The van der Waals surface area contributed by atoms with Crippen molar-refractivity contribution in [1.29, 1.82) is 0 Å². The molecular weight excluding hydrogens is 328 g/mol. The molecule has 0 saturated heterocycles. The largest absolute Gasteiger partial charge is 0.317 e. The smallest absolute Gasteiger partial charge is 0.268 e. The highest BCUT2D eigenvalue weighted by Gasteiger charge is 2.38. The number of hydrogen-bond donors (Lipinski definition) is 0. The minimum absolute atomic E-state index is 0.00181. The second kappa shape index (κ2) is 6.10. The van der Waals surface area contributed by atoms with Gasteiger partial charge in [0.05, 0.1) is 15.6 Å². The zero-order valence-corrected chi connectivity index (χ0v) is 13.6. The van der Waals surface area contributed by atoms with Crippen molar-refractivity contribution in [3.63, 3.8) is 0 Å². The molecule has 8 heteroatoms. The Morgan fingerprint density at radius 1 is 1.32 bits per heavy atom. The van der Waals surface area contributed by atoms with Gasteiger partial charge in [-0.15, -0.1) is 0 Å². The third kappa shape index (κ3) is 3.00. The van der Waals surface area contributed by atoms with Crippen molar-refractivity contribution in [2.24, 2.45) is 0 Å². The van der Waals surface area contributed by atoms with Gasteiger partial charge in [-0.25, -0.2) is 8.42 Å². The standard InChI is InChI=1S/C14H15ClN2O4S/c1-3-11-13(17(18)19)8-9-14(22(2,20)21)16(11)12-7-5-4-6-10(12)15/h4-9,11H,3H2,1-2H3. The Balaban J connectivity index is 2.70. The fraction of sp³-hybridized carbons (Fsp3) is 0.286. The third-order valence-corrected chi connectivity index (χ3v) is 4.79. The summed E-state index contributed by atoms with van der Waals surface area (Å²) in [5.41, 5.74) is 0.370. The normalized spacial score (nSPS) is 18.7. The number of benzene rings is 1. The quantitative estimate of drug-likeness (QED) is 0.620. The van der Waals surface area contributed by atoms with E-state index in [1.54, 1.807) is 31.2 Å². The van der Waals surface area contributed by atoms with Crippen LogP contribution >= 0.6 is 11.6 Å². The molecule has 0 radical (unpaired) electrons. The summed E-state index contributed by atoms with van der Waals surface area (Å²) < 4.78 is 24.1. The third-order valence-electron chi connectivity index (χ3n) is 3.38. The molecule has 0 fully saturated rings. The Bertz CT molecular complexity index is 771. The molecule has 1 aliphatic rings. The number of nitro groups is 1. The first-order valence-electron chi connectivity index (χ1n) is 6.57. The van der Waals surface area contributed by atoms with Crippen LogP contribution in [0.5, 0.6) is 0 Å². The number of rotatable bonds is 4. The lowest BCUT2D eigenvalue weighted by Crippen LogP contribution is -2.42. The highest BCUT2D eigenvalue weighted by atomic mass is 35.5. The number of para-hydroxylation sites is 1. The maximum Gasteiger partial charge on any atom is 0.268 e. The number of sulfone groups is 1. The summed E-state index contributed by atoms with van der Waals surface area (Å²) in [6.07, 6.45) is 3.94. The van der Waals surface area contributed by atoms with Crippen LogP contribution in [0.25, 0.3) is 0 Å². The second-order valence-electron chi connectivity index (χ2n) is 4.87. The molecule has 0 saturated carbocycles. The van der Waals surface area contributed by atoms with E-state index in [0.29, 0.717) is 17.1 Å². The van der Waals surface area contributed by atoms with Crippen LogP contribution < -0.4 is 4.90 Å². The Labute approximate surface area is 133 Å². The van der Waals surface area contributed by atoms with E-state index in [0.717, 1.165) is 6.26 Å². The Hall–Kier alpha value is -1.86. The fourth-order valence-corrected chi connectivity index (χ4v) is 3.57. The van der Waals surface area contributed by atoms with Crippen LogP contribution in [0.4, 0.5) is 5.69 Å². The molecule has 1 aromatic rings. The van der Waals surface area contributed by atoms with E-state index in [9.17, 15) is 18.5 Å². The summed E-state index contributed by atoms with van der Waals surface area (Å²) in [5, 5.41) is 11.6. The van der Waals surface area contributed by atoms with Crippen LogP contribution in [0.3, 0.4) is 0 Å². The fourth-order valence-electron chi connectivity index (χ4n) is 2.44. The molecule has 1 heterocycles. The van der Waals surface area contributed by atoms with Gasteiger partial charge in [-0.1, -0.05) is 30.7 Å². The molecule has 0 aromatic heterocycles. The summed E-state index contributed by atoms with van der Waals surface area (Å²) in [5.74, 6) is 0. The summed E-state index contributed by atoms with van der Waals surface area (Å²) in [6, 6.07) is 5.98. The van der Waals surface area contributed by atoms with Crippen LogP contribution in [0, 0.1) is 10.1 Å². The Morgan fingerprint density at radius 2 is 1.95 bits per heavy atom. The van der Waals surface area contributed by atoms with E-state index in [-0.39, 0.29) is 10.7 Å². The molecule has 1 atom stereocenters. The Morgan fingerprint density at radius 3 is 2.45 bits per heavy atom. The van der Waals surface area contributed by atoms with Gasteiger partial charge in [-0.05, 0) is 24.6 Å². The molecule has 1 aliphatic heterocycles. The zero-order valence-electron chi connectivity index (χ0n) is 12.1. The first-order valence-corrected chi connectivity index (χ1v) is 8.84. The van der Waals surface area contributed by atoms with Crippen molar-refractivity contribution in [3.8, 4) is 0 Å².